The quantitative estimate of drug-likeness (QED) is 0.153. The van der Waals surface area contributed by atoms with Gasteiger partial charge in [-0.15, -0.1) is 0 Å². The van der Waals surface area contributed by atoms with E-state index in [-0.39, 0.29) is 11.7 Å². The van der Waals surface area contributed by atoms with Gasteiger partial charge in [0, 0.05) is 10.4 Å². The van der Waals surface area contributed by atoms with Gasteiger partial charge in [-0.25, -0.2) is 0 Å². The highest BCUT2D eigenvalue weighted by Gasteiger charge is 2.61. The predicted molar refractivity (Wildman–Crippen MR) is 159 cm³/mol. The first-order valence-electron chi connectivity index (χ1n) is 14.1. The van der Waals surface area contributed by atoms with Crippen LogP contribution in [0.3, 0.4) is 0 Å². The van der Waals surface area contributed by atoms with Crippen LogP contribution in [-0.2, 0) is 16.8 Å². The minimum absolute atomic E-state index is 0.117. The molecule has 2 radical (unpaired) electrons. The Balaban J connectivity index is 1.48. The number of benzene rings is 4. The Morgan fingerprint density at radius 1 is 0.585 bits per heavy atom. The molecule has 7 rings (SSSR count). The van der Waals surface area contributed by atoms with E-state index in [0.717, 1.165) is 63.0 Å². The average molecular weight is 551 g/mol. The summed E-state index contributed by atoms with van der Waals surface area (Å²) in [6.45, 7) is 14.4. The fourth-order valence-electron chi connectivity index (χ4n) is 6.75. The van der Waals surface area contributed by atoms with Gasteiger partial charge in [0.15, 0.2) is 11.1 Å². The van der Waals surface area contributed by atoms with Gasteiger partial charge < -0.3 is 10.4 Å². The largest absolute Gasteiger partial charge is 0.714 e. The Hall–Kier alpha value is -3.88. The molecule has 0 aromatic heterocycles. The molecular weight excluding hydrogens is 516 g/mol. The summed E-state index contributed by atoms with van der Waals surface area (Å²) in [4.78, 5) is 0. The number of hydrogen-bond acceptors (Lipinski definition) is 4. The topological polar surface area (TPSA) is 98.4 Å². The molecule has 0 saturated heterocycles. The van der Waals surface area contributed by atoms with Crippen molar-refractivity contribution in [3.63, 3.8) is 0 Å². The molecule has 1 aliphatic carbocycles. The zero-order valence-electron chi connectivity index (χ0n) is 24.7. The third-order valence-corrected chi connectivity index (χ3v) is 10.9. The maximum atomic E-state index is 13.5. The van der Waals surface area contributed by atoms with E-state index in [4.69, 9.17) is 0 Å². The average Bonchev–Trinajstić information content (AvgIpc) is 3.11. The lowest BCUT2D eigenvalue weighted by Gasteiger charge is -2.32. The van der Waals surface area contributed by atoms with Crippen LogP contribution in [0.5, 0.6) is 0 Å². The second kappa shape index (κ2) is 7.49. The summed E-state index contributed by atoms with van der Waals surface area (Å²) in [5.41, 5.74) is -0.466. The summed E-state index contributed by atoms with van der Waals surface area (Å²) in [6.07, 6.45) is 0.542. The van der Waals surface area contributed by atoms with Crippen LogP contribution in [0.4, 0.5) is 0 Å². The summed E-state index contributed by atoms with van der Waals surface area (Å²) < 4.78 is 1.71. The van der Waals surface area contributed by atoms with Gasteiger partial charge in [-0.05, 0) is 130 Å². The molecule has 41 heavy (non-hydrogen) atoms. The van der Waals surface area contributed by atoms with Crippen molar-refractivity contribution >= 4 is 44.0 Å². The highest BCUT2D eigenvalue weighted by molar-refractivity contribution is 6.24. The van der Waals surface area contributed by atoms with Gasteiger partial charge in [0.1, 0.15) is 11.1 Å². The van der Waals surface area contributed by atoms with E-state index in [9.17, 15) is 20.8 Å². The third kappa shape index (κ3) is 2.91. The van der Waals surface area contributed by atoms with Crippen molar-refractivity contribution in [1.82, 2.24) is 10.1 Å². The minimum atomic E-state index is -0.915. The van der Waals surface area contributed by atoms with Crippen molar-refractivity contribution < 1.29 is 19.9 Å². The lowest BCUT2D eigenvalue weighted by molar-refractivity contribution is -0.539. The molecule has 2 heterocycles. The molecular formula is C33H34N4O4. The molecule has 4 aromatic rings. The molecule has 2 aliphatic heterocycles. The van der Waals surface area contributed by atoms with Gasteiger partial charge in [-0.3, -0.25) is 9.48 Å². The zero-order valence-corrected chi connectivity index (χ0v) is 24.7. The van der Waals surface area contributed by atoms with Crippen LogP contribution < -0.4 is 0 Å². The van der Waals surface area contributed by atoms with E-state index in [1.54, 1.807) is 55.4 Å². The van der Waals surface area contributed by atoms with Crippen LogP contribution in [0.2, 0.25) is 0 Å². The summed E-state index contributed by atoms with van der Waals surface area (Å²) in [6, 6.07) is 16.1. The molecule has 0 unspecified atom stereocenters. The highest BCUT2D eigenvalue weighted by atomic mass is 16.5. The molecule has 0 N–H and O–H groups in total. The van der Waals surface area contributed by atoms with Gasteiger partial charge in [0.2, 0.25) is 0 Å². The maximum Gasteiger partial charge on any atom is 0.316 e. The first kappa shape index (κ1) is 26.0. The Morgan fingerprint density at radius 3 is 1.29 bits per heavy atom. The van der Waals surface area contributed by atoms with Crippen LogP contribution in [0.15, 0.2) is 48.5 Å². The molecule has 0 spiro atoms. The Bertz CT molecular complexity index is 1800. The predicted octanol–water partition coefficient (Wildman–Crippen LogP) is 6.00. The lowest BCUT2D eigenvalue weighted by atomic mass is 9.82. The van der Waals surface area contributed by atoms with Gasteiger partial charge >= 0.3 is 11.7 Å². The molecule has 0 amide bonds. The van der Waals surface area contributed by atoms with Crippen molar-refractivity contribution in [2.24, 2.45) is 0 Å². The van der Waals surface area contributed by atoms with Crippen molar-refractivity contribution in [3.05, 3.63) is 81.2 Å². The molecule has 0 saturated carbocycles. The first-order valence-corrected chi connectivity index (χ1v) is 14.1. The van der Waals surface area contributed by atoms with Crippen LogP contribution in [0.1, 0.15) is 77.6 Å². The van der Waals surface area contributed by atoms with Crippen LogP contribution >= 0.6 is 0 Å². The fourth-order valence-corrected chi connectivity index (χ4v) is 6.75. The van der Waals surface area contributed by atoms with Gasteiger partial charge in [0.05, 0.1) is 11.1 Å². The van der Waals surface area contributed by atoms with Crippen LogP contribution in [-0.4, -0.2) is 53.4 Å². The van der Waals surface area contributed by atoms with Crippen LogP contribution in [0.25, 0.3) is 32.3 Å². The van der Waals surface area contributed by atoms with E-state index in [1.165, 1.54) is 0 Å². The fraction of sp³-hybridized carbons (Fsp3) is 0.394. The van der Waals surface area contributed by atoms with Gasteiger partial charge in [-0.2, -0.15) is 0 Å². The van der Waals surface area contributed by atoms with Crippen molar-refractivity contribution in [3.8, 4) is 0 Å². The Morgan fingerprint density at radius 2 is 0.951 bits per heavy atom. The van der Waals surface area contributed by atoms with Gasteiger partial charge in [-0.1, -0.05) is 34.4 Å². The first-order chi connectivity index (χ1) is 19.0. The van der Waals surface area contributed by atoms with E-state index < -0.39 is 22.2 Å². The number of nitrogens with zero attached hydrogens (tertiary/aromatic N) is 4. The summed E-state index contributed by atoms with van der Waals surface area (Å²) in [7, 11) is 0. The number of hydroxylamine groups is 6. The maximum absolute atomic E-state index is 13.5. The highest BCUT2D eigenvalue weighted by Crippen LogP contribution is 2.45. The summed E-state index contributed by atoms with van der Waals surface area (Å²) in [5, 5.41) is 62.0. The summed E-state index contributed by atoms with van der Waals surface area (Å²) >= 11 is 0. The lowest BCUT2D eigenvalue weighted by Crippen LogP contribution is -2.53. The van der Waals surface area contributed by atoms with Crippen molar-refractivity contribution in [1.29, 1.82) is 0 Å². The monoisotopic (exact) mass is 550 g/mol. The third-order valence-electron chi connectivity index (χ3n) is 10.9. The molecule has 8 heteroatoms. The Kier molecular flexibility index (Phi) is 4.76. The van der Waals surface area contributed by atoms with E-state index >= 15 is 0 Å². The molecule has 0 atom stereocenters. The Labute approximate surface area is 239 Å². The number of hydrogen-bond donors (Lipinski definition) is 0. The minimum Gasteiger partial charge on any atom is -0.714 e. The molecule has 8 nitrogen and oxygen atoms in total. The smallest absolute Gasteiger partial charge is 0.316 e. The zero-order chi connectivity index (χ0) is 29.6. The van der Waals surface area contributed by atoms with E-state index in [2.05, 4.69) is 24.3 Å². The second-order valence-electron chi connectivity index (χ2n) is 13.9. The molecule has 3 aliphatic rings. The second-order valence-corrected chi connectivity index (χ2v) is 13.9. The molecule has 0 fully saturated rings. The van der Waals surface area contributed by atoms with Crippen molar-refractivity contribution in [2.75, 3.05) is 0 Å². The van der Waals surface area contributed by atoms with Crippen LogP contribution in [0, 0.1) is 10.4 Å². The van der Waals surface area contributed by atoms with Crippen molar-refractivity contribution in [2.45, 2.75) is 84.0 Å². The molecule has 0 bridgehead atoms. The normalized spacial score (nSPS) is 22.0. The van der Waals surface area contributed by atoms with E-state index in [1.807, 2.05) is 24.3 Å². The van der Waals surface area contributed by atoms with E-state index in [0.29, 0.717) is 17.5 Å². The summed E-state index contributed by atoms with van der Waals surface area (Å²) in [5.74, 6) is 0.233. The standard InChI is InChI=1S/C33H34N4O4/c1-30(2)31(3,4)35(39)28(34(30)38)23-13-19-11-9-18-10-12-20-14-24(29-36(40)32(5,6)33(7,8)37(29)41)17-22-15-21(16-23)25(19)27(18)26(20)22/h9-14,16-17H,15H2,1-8H3. The molecule has 210 valence electrons. The SMILES string of the molecule is CC1(C)N([O])C(c2cc3c4c(ccc5ccc6cc(C7=[N+]([O-])C(C)(C)C(C)(C)N7[O])cc(c6c54)C3)c2)=[N+]([O-])C1(C)C. The number of rotatable bonds is 2. The molecule has 4 aromatic carbocycles. The van der Waals surface area contributed by atoms with Gasteiger partial charge in [0.25, 0.3) is 0 Å². The number of amidine groups is 2.